The van der Waals surface area contributed by atoms with Gasteiger partial charge < -0.3 is 14.2 Å². The van der Waals surface area contributed by atoms with E-state index in [4.69, 9.17) is 14.2 Å². The Hall–Kier alpha value is -3.41. The molecule has 6 nitrogen and oxygen atoms in total. The highest BCUT2D eigenvalue weighted by molar-refractivity contribution is 5.71. The molecule has 474 valence electrons. The van der Waals surface area contributed by atoms with Gasteiger partial charge in [0.15, 0.2) is 6.10 Å². The molecule has 0 aliphatic heterocycles. The van der Waals surface area contributed by atoms with Gasteiger partial charge in [-0.3, -0.25) is 14.4 Å². The van der Waals surface area contributed by atoms with Gasteiger partial charge in [-0.1, -0.05) is 331 Å². The lowest BCUT2D eigenvalue weighted by Gasteiger charge is -2.18. The van der Waals surface area contributed by atoms with Gasteiger partial charge in [0.05, 0.1) is 0 Å². The average molecular weight is 1140 g/mol. The van der Waals surface area contributed by atoms with Crippen LogP contribution in [0.2, 0.25) is 0 Å². The molecule has 0 saturated carbocycles. The molecule has 0 aromatic heterocycles. The van der Waals surface area contributed by atoms with Crippen molar-refractivity contribution < 1.29 is 28.6 Å². The number of carbonyl (C=O) groups is 3. The Balaban J connectivity index is 4.11. The summed E-state index contributed by atoms with van der Waals surface area (Å²) >= 11 is 0. The van der Waals surface area contributed by atoms with Gasteiger partial charge in [0.2, 0.25) is 0 Å². The zero-order chi connectivity index (χ0) is 59.2. The van der Waals surface area contributed by atoms with Crippen molar-refractivity contribution in [1.29, 1.82) is 0 Å². The predicted molar refractivity (Wildman–Crippen MR) is 358 cm³/mol. The Morgan fingerprint density at radius 3 is 0.756 bits per heavy atom. The normalized spacial score (nSPS) is 12.6. The highest BCUT2D eigenvalue weighted by Gasteiger charge is 2.19. The Bertz CT molecular complexity index is 1550. The molecule has 0 bridgehead atoms. The van der Waals surface area contributed by atoms with E-state index in [0.29, 0.717) is 19.3 Å². The lowest BCUT2D eigenvalue weighted by molar-refractivity contribution is -0.167. The smallest absolute Gasteiger partial charge is 0.306 e. The first-order valence-corrected chi connectivity index (χ1v) is 35.6. The SMILES string of the molecule is CC/C=C\C/C=C\C/C=C\C/C=C\C/C=C\C/C=C\CCCCCCCCC(=O)OC(COC(=O)CCCCCCCCCC)COC(=O)CCCCCCCCCCCCCCCCCCCCC/C=C\CCCCCCCCCC. The van der Waals surface area contributed by atoms with Gasteiger partial charge in [-0.15, -0.1) is 0 Å². The molecule has 1 unspecified atom stereocenters. The number of hydrogen-bond acceptors (Lipinski definition) is 6. The second kappa shape index (κ2) is 70.1. The van der Waals surface area contributed by atoms with Gasteiger partial charge in [0.25, 0.3) is 0 Å². The molecule has 0 aliphatic rings. The van der Waals surface area contributed by atoms with Crippen LogP contribution in [0.4, 0.5) is 0 Å². The maximum absolute atomic E-state index is 12.9. The third kappa shape index (κ3) is 67.4. The summed E-state index contributed by atoms with van der Waals surface area (Å²) in [4.78, 5) is 38.2. The van der Waals surface area contributed by atoms with Crippen molar-refractivity contribution in [1.82, 2.24) is 0 Å². The molecular formula is C76H134O6. The summed E-state index contributed by atoms with van der Waals surface area (Å²) in [7, 11) is 0. The molecule has 82 heavy (non-hydrogen) atoms. The average Bonchev–Trinajstić information content (AvgIpc) is 3.48. The Morgan fingerprint density at radius 1 is 0.256 bits per heavy atom. The van der Waals surface area contributed by atoms with Crippen molar-refractivity contribution in [3.05, 3.63) is 85.1 Å². The summed E-state index contributed by atoms with van der Waals surface area (Å²) in [5, 5.41) is 0. The summed E-state index contributed by atoms with van der Waals surface area (Å²) < 4.78 is 16.9. The van der Waals surface area contributed by atoms with Crippen molar-refractivity contribution in [3.8, 4) is 0 Å². The zero-order valence-corrected chi connectivity index (χ0v) is 54.5. The van der Waals surface area contributed by atoms with E-state index in [2.05, 4.69) is 106 Å². The summed E-state index contributed by atoms with van der Waals surface area (Å²) in [6.07, 6.45) is 93.5. The van der Waals surface area contributed by atoms with Gasteiger partial charge in [-0.25, -0.2) is 0 Å². The van der Waals surface area contributed by atoms with Gasteiger partial charge in [-0.05, 0) is 96.3 Å². The van der Waals surface area contributed by atoms with Crippen LogP contribution in [0.3, 0.4) is 0 Å². The van der Waals surface area contributed by atoms with Crippen molar-refractivity contribution in [2.75, 3.05) is 13.2 Å². The number of carbonyl (C=O) groups excluding carboxylic acids is 3. The molecule has 1 atom stereocenters. The van der Waals surface area contributed by atoms with E-state index in [1.54, 1.807) is 0 Å². The van der Waals surface area contributed by atoms with Crippen LogP contribution >= 0.6 is 0 Å². The van der Waals surface area contributed by atoms with E-state index < -0.39 is 6.10 Å². The minimum Gasteiger partial charge on any atom is -0.462 e. The van der Waals surface area contributed by atoms with E-state index in [0.717, 1.165) is 109 Å². The summed E-state index contributed by atoms with van der Waals surface area (Å²) in [5.41, 5.74) is 0. The van der Waals surface area contributed by atoms with Crippen LogP contribution in [0, 0.1) is 0 Å². The topological polar surface area (TPSA) is 78.9 Å². The quantitative estimate of drug-likeness (QED) is 0.0261. The fraction of sp³-hybridized carbons (Fsp3) is 0.776. The largest absolute Gasteiger partial charge is 0.462 e. The lowest BCUT2D eigenvalue weighted by Crippen LogP contribution is -2.30. The molecule has 0 fully saturated rings. The number of rotatable bonds is 65. The number of ether oxygens (including phenoxy) is 3. The lowest BCUT2D eigenvalue weighted by atomic mass is 10.0. The van der Waals surface area contributed by atoms with Crippen LogP contribution in [0.25, 0.3) is 0 Å². The number of esters is 3. The van der Waals surface area contributed by atoms with Crippen LogP contribution in [0.1, 0.15) is 361 Å². The Labute approximate surface area is 509 Å². The van der Waals surface area contributed by atoms with Crippen LogP contribution in [0.5, 0.6) is 0 Å². The maximum Gasteiger partial charge on any atom is 0.306 e. The van der Waals surface area contributed by atoms with Crippen molar-refractivity contribution in [2.24, 2.45) is 0 Å². The number of allylic oxidation sites excluding steroid dienone is 14. The molecule has 0 rings (SSSR count). The third-order valence-electron chi connectivity index (χ3n) is 15.6. The van der Waals surface area contributed by atoms with Crippen LogP contribution < -0.4 is 0 Å². The second-order valence-electron chi connectivity index (χ2n) is 23.8. The van der Waals surface area contributed by atoms with E-state index >= 15 is 0 Å². The Morgan fingerprint density at radius 2 is 0.476 bits per heavy atom. The van der Waals surface area contributed by atoms with Gasteiger partial charge >= 0.3 is 17.9 Å². The zero-order valence-electron chi connectivity index (χ0n) is 54.5. The molecule has 0 aromatic carbocycles. The third-order valence-corrected chi connectivity index (χ3v) is 15.6. The Kier molecular flexibility index (Phi) is 67.2. The highest BCUT2D eigenvalue weighted by Crippen LogP contribution is 2.18. The molecule has 0 radical (unpaired) electrons. The van der Waals surface area contributed by atoms with Crippen LogP contribution in [-0.2, 0) is 28.6 Å². The van der Waals surface area contributed by atoms with E-state index in [-0.39, 0.29) is 31.1 Å². The summed E-state index contributed by atoms with van der Waals surface area (Å²) in [6, 6.07) is 0. The standard InChI is InChI=1S/C76H134O6/c1-4-7-10-13-16-19-21-23-25-27-29-31-33-35-36-37-38-39-40-42-43-45-47-49-51-53-55-57-60-63-66-69-75(78)81-72-73(71-80-74(77)68-65-62-59-18-15-12-9-6-3)82-76(79)70-67-64-61-58-56-54-52-50-48-46-44-41-34-32-30-28-26-24-22-20-17-14-11-8-5-2/h8,11,17,20,24,26-27,29-30,32,41,44,48,50,73H,4-7,9-10,12-16,18-19,21-23,25,28,31,33-40,42-43,45-47,49,51-72H2,1-3H3/b11-8-,20-17-,26-24-,29-27-,32-30-,44-41-,50-48-. The molecule has 0 spiro atoms. The number of unbranched alkanes of at least 4 members (excludes halogenated alkanes) is 40. The van der Waals surface area contributed by atoms with Crippen molar-refractivity contribution in [2.45, 2.75) is 367 Å². The number of hydrogen-bond donors (Lipinski definition) is 0. The molecule has 0 heterocycles. The second-order valence-corrected chi connectivity index (χ2v) is 23.8. The monoisotopic (exact) mass is 1140 g/mol. The van der Waals surface area contributed by atoms with E-state index in [9.17, 15) is 14.4 Å². The molecule has 0 aliphatic carbocycles. The van der Waals surface area contributed by atoms with Crippen LogP contribution in [-0.4, -0.2) is 37.2 Å². The van der Waals surface area contributed by atoms with Gasteiger partial charge in [-0.2, -0.15) is 0 Å². The first-order valence-electron chi connectivity index (χ1n) is 35.6. The summed E-state index contributed by atoms with van der Waals surface area (Å²) in [6.45, 7) is 6.53. The molecule has 0 amide bonds. The first-order chi connectivity index (χ1) is 40.5. The minimum atomic E-state index is -0.783. The summed E-state index contributed by atoms with van der Waals surface area (Å²) in [5.74, 6) is -0.882. The highest BCUT2D eigenvalue weighted by atomic mass is 16.6. The minimum absolute atomic E-state index is 0.0789. The van der Waals surface area contributed by atoms with E-state index in [1.807, 2.05) is 0 Å². The van der Waals surface area contributed by atoms with Crippen molar-refractivity contribution >= 4 is 17.9 Å². The van der Waals surface area contributed by atoms with Gasteiger partial charge in [0, 0.05) is 19.3 Å². The molecule has 0 saturated heterocycles. The first kappa shape index (κ1) is 78.6. The molecule has 0 aromatic rings. The molecule has 0 N–H and O–H groups in total. The molecular weight excluding hydrogens is 1010 g/mol. The maximum atomic E-state index is 12.9. The molecule has 6 heteroatoms. The van der Waals surface area contributed by atoms with Crippen molar-refractivity contribution in [3.63, 3.8) is 0 Å². The predicted octanol–water partition coefficient (Wildman–Crippen LogP) is 24.6. The van der Waals surface area contributed by atoms with Gasteiger partial charge in [0.1, 0.15) is 13.2 Å². The van der Waals surface area contributed by atoms with Crippen LogP contribution in [0.15, 0.2) is 85.1 Å². The van der Waals surface area contributed by atoms with E-state index in [1.165, 1.54) is 212 Å². The fourth-order valence-electron chi connectivity index (χ4n) is 10.3. The fourth-order valence-corrected chi connectivity index (χ4v) is 10.3.